The van der Waals surface area contributed by atoms with Gasteiger partial charge in [-0.3, -0.25) is 0 Å². The normalized spacial score (nSPS) is 15.8. The molecule has 0 aliphatic carbocycles. The highest BCUT2D eigenvalue weighted by Gasteiger charge is 2.33. The Kier molecular flexibility index (Phi) is 8.82. The van der Waals surface area contributed by atoms with Gasteiger partial charge in [0, 0.05) is 30.4 Å². The maximum Gasteiger partial charge on any atom is 0.344 e. The Morgan fingerprint density at radius 3 is 2.38 bits per heavy atom. The molecule has 0 bridgehead atoms. The molecule has 6 nitrogen and oxygen atoms in total. The monoisotopic (exact) mass is 480 g/mol. The maximum atomic E-state index is 12.7. The van der Waals surface area contributed by atoms with Crippen LogP contribution >= 0.6 is 11.8 Å². The van der Waals surface area contributed by atoms with Crippen LogP contribution in [0, 0.1) is 6.92 Å². The molecule has 0 amide bonds. The van der Waals surface area contributed by atoms with E-state index in [-0.39, 0.29) is 17.9 Å². The predicted octanol–water partition coefficient (Wildman–Crippen LogP) is 6.43. The minimum absolute atomic E-state index is 0.0800. The Bertz CT molecular complexity index is 1120. The summed E-state index contributed by atoms with van der Waals surface area (Å²) in [5.74, 6) is -0.0114. The molecule has 2 aromatic rings. The van der Waals surface area contributed by atoms with Crippen LogP contribution in [-0.2, 0) is 9.53 Å². The van der Waals surface area contributed by atoms with Gasteiger partial charge in [0.2, 0.25) is 0 Å². The summed E-state index contributed by atoms with van der Waals surface area (Å²) in [6.45, 7) is 12.4. The molecule has 1 heterocycles. The van der Waals surface area contributed by atoms with Crippen molar-refractivity contribution in [2.24, 2.45) is 4.99 Å². The van der Waals surface area contributed by atoms with Gasteiger partial charge in [-0.15, -0.1) is 0 Å². The molecule has 34 heavy (non-hydrogen) atoms. The van der Waals surface area contributed by atoms with Crippen LogP contribution in [0.15, 0.2) is 63.7 Å². The third-order valence-corrected chi connectivity index (χ3v) is 6.37. The van der Waals surface area contributed by atoms with Gasteiger partial charge in [-0.05, 0) is 65.0 Å². The van der Waals surface area contributed by atoms with E-state index in [4.69, 9.17) is 9.47 Å². The average molecular weight is 481 g/mol. The molecule has 0 atom stereocenters. The first-order valence-electron chi connectivity index (χ1n) is 11.6. The lowest BCUT2D eigenvalue weighted by Crippen LogP contribution is -2.21. The van der Waals surface area contributed by atoms with Crippen molar-refractivity contribution in [1.29, 1.82) is 0 Å². The summed E-state index contributed by atoms with van der Waals surface area (Å²) in [7, 11) is 0. The van der Waals surface area contributed by atoms with Crippen molar-refractivity contribution in [2.45, 2.75) is 34.6 Å². The van der Waals surface area contributed by atoms with Crippen LogP contribution in [0.5, 0.6) is 5.75 Å². The van der Waals surface area contributed by atoms with Crippen molar-refractivity contribution >= 4 is 40.2 Å². The number of ether oxygens (including phenoxy) is 2. The van der Waals surface area contributed by atoms with Crippen LogP contribution < -0.4 is 9.64 Å². The van der Waals surface area contributed by atoms with Crippen LogP contribution in [0.1, 0.15) is 38.8 Å². The van der Waals surface area contributed by atoms with Gasteiger partial charge >= 0.3 is 5.97 Å². The summed E-state index contributed by atoms with van der Waals surface area (Å²) in [6.07, 6.45) is 1.83. The number of esters is 1. The molecule has 180 valence electrons. The summed E-state index contributed by atoms with van der Waals surface area (Å²) < 4.78 is 11.1. The van der Waals surface area contributed by atoms with E-state index in [1.54, 1.807) is 6.92 Å². The quantitative estimate of drug-likeness (QED) is 0.417. The molecule has 0 saturated heterocycles. The standard InChI is InChI=1S/C27H32N2O4S/c1-6-29(7-2)21-15-12-19(22(17-21)32-8-3)16-23-25(30)24(27(31)33-9-4)26(34-23)28-20-13-10-18(5)11-14-20/h10-17,30H,6-9H2,1-5H3. The smallest absolute Gasteiger partial charge is 0.344 e. The first kappa shape index (κ1) is 25.4. The number of hydrogen-bond acceptors (Lipinski definition) is 7. The highest BCUT2D eigenvalue weighted by molar-refractivity contribution is 8.18. The van der Waals surface area contributed by atoms with Crippen LogP contribution in [0.4, 0.5) is 11.4 Å². The molecule has 3 rings (SSSR count). The molecule has 0 radical (unpaired) electrons. The van der Waals surface area contributed by atoms with E-state index in [0.717, 1.165) is 35.7 Å². The van der Waals surface area contributed by atoms with Gasteiger partial charge < -0.3 is 19.5 Å². The van der Waals surface area contributed by atoms with Crippen molar-refractivity contribution in [3.8, 4) is 5.75 Å². The molecular weight excluding hydrogens is 448 g/mol. The molecule has 1 N–H and O–H groups in total. The van der Waals surface area contributed by atoms with Gasteiger partial charge in [0.05, 0.1) is 23.8 Å². The minimum Gasteiger partial charge on any atom is -0.506 e. The van der Waals surface area contributed by atoms with E-state index >= 15 is 0 Å². The van der Waals surface area contributed by atoms with Crippen LogP contribution in [0.3, 0.4) is 0 Å². The van der Waals surface area contributed by atoms with Gasteiger partial charge in [-0.25, -0.2) is 9.79 Å². The van der Waals surface area contributed by atoms with Crippen molar-refractivity contribution in [3.63, 3.8) is 0 Å². The summed E-state index contributed by atoms with van der Waals surface area (Å²) in [5, 5.41) is 11.4. The van der Waals surface area contributed by atoms with E-state index in [1.165, 1.54) is 11.8 Å². The van der Waals surface area contributed by atoms with E-state index in [2.05, 4.69) is 23.7 Å². The van der Waals surface area contributed by atoms with E-state index in [1.807, 2.05) is 62.4 Å². The molecular formula is C27H32N2O4S. The van der Waals surface area contributed by atoms with Gasteiger partial charge in [0.15, 0.2) is 0 Å². The highest BCUT2D eigenvalue weighted by Crippen LogP contribution is 2.41. The average Bonchev–Trinajstić information content (AvgIpc) is 3.12. The zero-order valence-electron chi connectivity index (χ0n) is 20.4. The molecule has 0 fully saturated rings. The number of rotatable bonds is 9. The fourth-order valence-corrected chi connectivity index (χ4v) is 4.60. The van der Waals surface area contributed by atoms with Crippen LogP contribution in [0.25, 0.3) is 6.08 Å². The molecule has 0 unspecified atom stereocenters. The lowest BCUT2D eigenvalue weighted by Gasteiger charge is -2.22. The number of carbonyl (C=O) groups excluding carboxylic acids is 1. The third kappa shape index (κ3) is 5.83. The fraction of sp³-hybridized carbons (Fsp3) is 0.333. The zero-order valence-corrected chi connectivity index (χ0v) is 21.2. The Morgan fingerprint density at radius 2 is 1.76 bits per heavy atom. The third-order valence-electron chi connectivity index (χ3n) is 5.35. The van der Waals surface area contributed by atoms with E-state index in [0.29, 0.717) is 22.2 Å². The predicted molar refractivity (Wildman–Crippen MR) is 141 cm³/mol. The fourth-order valence-electron chi connectivity index (χ4n) is 3.58. The maximum absolute atomic E-state index is 12.7. The van der Waals surface area contributed by atoms with Crippen molar-refractivity contribution < 1.29 is 19.4 Å². The molecule has 1 aliphatic heterocycles. The number of aliphatic hydroxyl groups is 1. The molecule has 1 aliphatic rings. The number of benzene rings is 2. The van der Waals surface area contributed by atoms with E-state index in [9.17, 15) is 9.90 Å². The number of aryl methyl sites for hydroxylation is 1. The minimum atomic E-state index is -0.594. The van der Waals surface area contributed by atoms with Crippen LogP contribution in [-0.4, -0.2) is 42.4 Å². The van der Waals surface area contributed by atoms with Crippen molar-refractivity contribution in [2.75, 3.05) is 31.2 Å². The van der Waals surface area contributed by atoms with Crippen LogP contribution in [0.2, 0.25) is 0 Å². The first-order chi connectivity index (χ1) is 16.4. The SMILES string of the molecule is CCOC(=O)C1=C(O)C(=Cc2ccc(N(CC)CC)cc2OCC)SC1=Nc1ccc(C)cc1. The zero-order chi connectivity index (χ0) is 24.7. The number of anilines is 1. The second kappa shape index (κ2) is 11.8. The van der Waals surface area contributed by atoms with E-state index < -0.39 is 5.97 Å². The second-order valence-corrected chi connectivity index (χ2v) is 8.67. The molecule has 0 saturated carbocycles. The Morgan fingerprint density at radius 1 is 1.06 bits per heavy atom. The topological polar surface area (TPSA) is 71.4 Å². The number of aliphatic imine (C=N–C) groups is 1. The molecule has 0 aromatic heterocycles. The largest absolute Gasteiger partial charge is 0.506 e. The van der Waals surface area contributed by atoms with Crippen molar-refractivity contribution in [3.05, 3.63) is 69.8 Å². The molecule has 7 heteroatoms. The number of thioether (sulfide) groups is 1. The summed E-state index contributed by atoms with van der Waals surface area (Å²) >= 11 is 1.24. The lowest BCUT2D eigenvalue weighted by atomic mass is 10.1. The number of aliphatic hydroxyl groups excluding tert-OH is 1. The first-order valence-corrected chi connectivity index (χ1v) is 12.4. The Balaban J connectivity index is 2.05. The number of nitrogens with zero attached hydrogens (tertiary/aromatic N) is 2. The summed E-state index contributed by atoms with van der Waals surface area (Å²) in [6, 6.07) is 13.7. The summed E-state index contributed by atoms with van der Waals surface area (Å²) in [4.78, 5) is 20.1. The van der Waals surface area contributed by atoms with Crippen molar-refractivity contribution in [1.82, 2.24) is 0 Å². The molecule has 0 spiro atoms. The second-order valence-electron chi connectivity index (χ2n) is 7.63. The Labute approximate surface area is 206 Å². The number of carbonyl (C=O) groups is 1. The summed E-state index contributed by atoms with van der Waals surface area (Å²) in [5.41, 5.74) is 3.78. The lowest BCUT2D eigenvalue weighted by molar-refractivity contribution is -0.138. The van der Waals surface area contributed by atoms with Gasteiger partial charge in [0.25, 0.3) is 0 Å². The van der Waals surface area contributed by atoms with Gasteiger partial charge in [-0.1, -0.05) is 29.5 Å². The number of hydrogen-bond donors (Lipinski definition) is 1. The van der Waals surface area contributed by atoms with Gasteiger partial charge in [-0.2, -0.15) is 0 Å². The Hall–Kier alpha value is -3.19. The highest BCUT2D eigenvalue weighted by atomic mass is 32.2. The van der Waals surface area contributed by atoms with Gasteiger partial charge in [0.1, 0.15) is 22.1 Å². The molecule has 2 aromatic carbocycles.